The number of rotatable bonds is 5. The highest BCUT2D eigenvalue weighted by Crippen LogP contribution is 2.16. The van der Waals surface area contributed by atoms with Gasteiger partial charge in [0.05, 0.1) is 5.69 Å². The molecule has 0 bridgehead atoms. The Labute approximate surface area is 95.1 Å². The summed E-state index contributed by atoms with van der Waals surface area (Å²) >= 11 is 2.04. The first-order chi connectivity index (χ1) is 7.45. The van der Waals surface area contributed by atoms with Crippen molar-refractivity contribution in [2.45, 2.75) is 12.5 Å². The molecule has 1 aromatic rings. The minimum Gasteiger partial charge on any atom is -0.383 e. The summed E-state index contributed by atoms with van der Waals surface area (Å²) in [5.41, 5.74) is 1.10. The quantitative estimate of drug-likeness (QED) is 0.743. The summed E-state index contributed by atoms with van der Waals surface area (Å²) in [5, 5.41) is 6.88. The second-order valence-corrected chi connectivity index (χ2v) is 4.83. The number of nitrogens with one attached hydrogen (secondary N) is 2. The molecule has 0 aromatic carbocycles. The van der Waals surface area contributed by atoms with E-state index < -0.39 is 0 Å². The van der Waals surface area contributed by atoms with Gasteiger partial charge in [-0.25, -0.2) is 0 Å². The van der Waals surface area contributed by atoms with Crippen molar-refractivity contribution in [3.05, 3.63) is 24.5 Å². The lowest BCUT2D eigenvalue weighted by Gasteiger charge is -2.11. The molecule has 2 heterocycles. The molecular weight excluding hydrogens is 206 g/mol. The molecule has 0 spiro atoms. The molecule has 1 fully saturated rings. The van der Waals surface area contributed by atoms with Crippen LogP contribution >= 0.6 is 11.8 Å². The summed E-state index contributed by atoms with van der Waals surface area (Å²) in [6, 6.07) is 4.72. The van der Waals surface area contributed by atoms with Gasteiger partial charge in [0.25, 0.3) is 0 Å². The molecule has 15 heavy (non-hydrogen) atoms. The molecule has 82 valence electrons. The normalized spacial score (nSPS) is 20.4. The third-order valence-corrected chi connectivity index (χ3v) is 3.64. The minimum atomic E-state index is 0.727. The first-order valence-corrected chi connectivity index (χ1v) is 6.55. The fraction of sp³-hybridized carbons (Fsp3) is 0.545. The molecule has 0 aliphatic carbocycles. The van der Waals surface area contributed by atoms with Crippen molar-refractivity contribution in [3.8, 4) is 0 Å². The topological polar surface area (TPSA) is 37.0 Å². The monoisotopic (exact) mass is 223 g/mol. The summed E-state index contributed by atoms with van der Waals surface area (Å²) in [5.74, 6) is 2.58. The first-order valence-electron chi connectivity index (χ1n) is 5.40. The predicted molar refractivity (Wildman–Crippen MR) is 66.5 cm³/mol. The van der Waals surface area contributed by atoms with Crippen LogP contribution in [0.1, 0.15) is 6.42 Å². The lowest BCUT2D eigenvalue weighted by atomic mass is 10.2. The van der Waals surface area contributed by atoms with E-state index in [1.165, 1.54) is 17.9 Å². The lowest BCUT2D eigenvalue weighted by Crippen LogP contribution is -2.32. The zero-order valence-corrected chi connectivity index (χ0v) is 9.59. The van der Waals surface area contributed by atoms with Crippen molar-refractivity contribution in [1.82, 2.24) is 10.3 Å². The maximum Gasteiger partial charge on any atom is 0.0527 e. The van der Waals surface area contributed by atoms with E-state index in [0.717, 1.165) is 24.8 Å². The van der Waals surface area contributed by atoms with Crippen molar-refractivity contribution in [2.75, 3.05) is 29.9 Å². The molecule has 0 saturated carbocycles. The fourth-order valence-electron chi connectivity index (χ4n) is 1.65. The molecule has 0 amide bonds. The van der Waals surface area contributed by atoms with Gasteiger partial charge in [-0.05, 0) is 24.3 Å². The number of pyridine rings is 1. The van der Waals surface area contributed by atoms with Gasteiger partial charge in [-0.3, -0.25) is 4.98 Å². The van der Waals surface area contributed by atoms with Crippen LogP contribution in [-0.2, 0) is 0 Å². The molecule has 0 radical (unpaired) electrons. The minimum absolute atomic E-state index is 0.727. The Bertz CT molecular complexity index is 272. The summed E-state index contributed by atoms with van der Waals surface area (Å²) in [4.78, 5) is 4.05. The highest BCUT2D eigenvalue weighted by molar-refractivity contribution is 7.99. The third-order valence-electron chi connectivity index (χ3n) is 2.48. The van der Waals surface area contributed by atoms with E-state index in [9.17, 15) is 0 Å². The van der Waals surface area contributed by atoms with Crippen LogP contribution in [0.15, 0.2) is 24.5 Å². The largest absolute Gasteiger partial charge is 0.383 e. The number of thioether (sulfide) groups is 1. The van der Waals surface area contributed by atoms with Crippen LogP contribution in [0.5, 0.6) is 0 Å². The fourth-order valence-corrected chi connectivity index (χ4v) is 2.83. The second-order valence-electron chi connectivity index (χ2n) is 3.68. The van der Waals surface area contributed by atoms with Crippen LogP contribution in [0.25, 0.3) is 0 Å². The maximum absolute atomic E-state index is 4.05. The van der Waals surface area contributed by atoms with Crippen LogP contribution in [0.4, 0.5) is 5.69 Å². The van der Waals surface area contributed by atoms with E-state index in [-0.39, 0.29) is 0 Å². The van der Waals surface area contributed by atoms with Crippen molar-refractivity contribution < 1.29 is 0 Å². The van der Waals surface area contributed by atoms with Crippen molar-refractivity contribution in [1.29, 1.82) is 0 Å². The van der Waals surface area contributed by atoms with Gasteiger partial charge in [0.2, 0.25) is 0 Å². The molecule has 1 aromatic heterocycles. The van der Waals surface area contributed by atoms with E-state index >= 15 is 0 Å². The van der Waals surface area contributed by atoms with Gasteiger partial charge >= 0.3 is 0 Å². The van der Waals surface area contributed by atoms with Crippen LogP contribution in [0.3, 0.4) is 0 Å². The van der Waals surface area contributed by atoms with E-state index in [4.69, 9.17) is 0 Å². The molecule has 2 rings (SSSR count). The van der Waals surface area contributed by atoms with Crippen LogP contribution in [0, 0.1) is 0 Å². The molecule has 1 aliphatic heterocycles. The highest BCUT2D eigenvalue weighted by Gasteiger charge is 2.13. The van der Waals surface area contributed by atoms with Crippen molar-refractivity contribution >= 4 is 17.4 Å². The Kier molecular flexibility index (Phi) is 4.29. The smallest absolute Gasteiger partial charge is 0.0527 e. The van der Waals surface area contributed by atoms with Crippen molar-refractivity contribution in [3.63, 3.8) is 0 Å². The summed E-state index contributed by atoms with van der Waals surface area (Å²) < 4.78 is 0. The Hall–Kier alpha value is -0.740. The molecule has 1 saturated heterocycles. The van der Waals surface area contributed by atoms with Gasteiger partial charge in [0, 0.05) is 37.3 Å². The van der Waals surface area contributed by atoms with Gasteiger partial charge in [0.1, 0.15) is 0 Å². The molecule has 1 atom stereocenters. The summed E-state index contributed by atoms with van der Waals surface area (Å²) in [6.07, 6.45) is 4.96. The summed E-state index contributed by atoms with van der Waals surface area (Å²) in [6.45, 7) is 1.99. The Balaban J connectivity index is 1.59. The molecule has 2 N–H and O–H groups in total. The van der Waals surface area contributed by atoms with E-state index in [1.807, 2.05) is 30.1 Å². The average molecular weight is 223 g/mol. The maximum atomic E-state index is 4.05. The third kappa shape index (κ3) is 3.72. The summed E-state index contributed by atoms with van der Waals surface area (Å²) in [7, 11) is 0. The number of hydrogen-bond donors (Lipinski definition) is 2. The number of aromatic nitrogens is 1. The molecule has 3 nitrogen and oxygen atoms in total. The van der Waals surface area contributed by atoms with E-state index in [2.05, 4.69) is 15.6 Å². The predicted octanol–water partition coefficient (Wildman–Crippen LogP) is 1.59. The Morgan fingerprint density at radius 2 is 2.47 bits per heavy atom. The first kappa shape index (κ1) is 10.8. The Morgan fingerprint density at radius 3 is 3.20 bits per heavy atom. The zero-order chi connectivity index (χ0) is 10.3. The van der Waals surface area contributed by atoms with Gasteiger partial charge in [-0.2, -0.15) is 11.8 Å². The molecule has 4 heteroatoms. The van der Waals surface area contributed by atoms with Gasteiger partial charge in [0.15, 0.2) is 0 Å². The van der Waals surface area contributed by atoms with Gasteiger partial charge in [-0.1, -0.05) is 0 Å². The number of hydrogen-bond acceptors (Lipinski definition) is 4. The molecule has 0 unspecified atom stereocenters. The number of nitrogens with zero attached hydrogens (tertiary/aromatic N) is 1. The van der Waals surface area contributed by atoms with Crippen LogP contribution < -0.4 is 10.6 Å². The molecular formula is C11H17N3S. The van der Waals surface area contributed by atoms with E-state index in [0.29, 0.717) is 0 Å². The van der Waals surface area contributed by atoms with Crippen LogP contribution in [0.2, 0.25) is 0 Å². The van der Waals surface area contributed by atoms with E-state index in [1.54, 1.807) is 6.20 Å². The standard InChI is InChI=1S/C11H17N3S/c1-2-10(8-12-4-1)13-5-6-14-11-3-7-15-9-11/h1-2,4,8,11,13-14H,3,5-7,9H2/t11-/m1/s1. The van der Waals surface area contributed by atoms with Gasteiger partial charge < -0.3 is 10.6 Å². The average Bonchev–Trinajstić information content (AvgIpc) is 2.79. The lowest BCUT2D eigenvalue weighted by molar-refractivity contribution is 0.570. The van der Waals surface area contributed by atoms with Crippen molar-refractivity contribution in [2.24, 2.45) is 0 Å². The zero-order valence-electron chi connectivity index (χ0n) is 8.78. The highest BCUT2D eigenvalue weighted by atomic mass is 32.2. The van der Waals surface area contributed by atoms with Crippen LogP contribution in [-0.4, -0.2) is 35.6 Å². The Morgan fingerprint density at radius 1 is 1.47 bits per heavy atom. The van der Waals surface area contributed by atoms with Gasteiger partial charge in [-0.15, -0.1) is 0 Å². The SMILES string of the molecule is c1cncc(NCCN[C@@H]2CCSC2)c1. The number of anilines is 1. The molecule has 1 aliphatic rings. The second kappa shape index (κ2) is 5.98.